The number of aromatic nitrogens is 2. The lowest BCUT2D eigenvalue weighted by Crippen LogP contribution is -2.04. The van der Waals surface area contributed by atoms with Gasteiger partial charge in [-0.25, -0.2) is 0 Å². The molecule has 0 unspecified atom stereocenters. The summed E-state index contributed by atoms with van der Waals surface area (Å²) in [6.45, 7) is 0. The van der Waals surface area contributed by atoms with Crippen molar-refractivity contribution in [2.45, 2.75) is 6.18 Å². The van der Waals surface area contributed by atoms with E-state index in [1.54, 1.807) is 0 Å². The van der Waals surface area contributed by atoms with Crippen LogP contribution in [-0.4, -0.2) is 9.97 Å². The van der Waals surface area contributed by atoms with Crippen molar-refractivity contribution in [3.63, 3.8) is 0 Å². The molecule has 1 heterocycles. The van der Waals surface area contributed by atoms with Gasteiger partial charge in [0.15, 0.2) is 17.3 Å². The van der Waals surface area contributed by atoms with Crippen LogP contribution in [-0.2, 0) is 6.18 Å². The Labute approximate surface area is 116 Å². The third-order valence-corrected chi connectivity index (χ3v) is 2.39. The SMILES string of the molecule is Nc1nc(N)c(N=Nc2cccc(C(F)(F)F)c2)c(N)n1. The number of nitrogens with two attached hydrogens (primary N) is 3. The first kappa shape index (κ1) is 14.5. The van der Waals surface area contributed by atoms with Crippen LogP contribution in [0, 0.1) is 0 Å². The molecule has 0 amide bonds. The van der Waals surface area contributed by atoms with E-state index in [-0.39, 0.29) is 29.0 Å². The van der Waals surface area contributed by atoms with Gasteiger partial charge in [-0.15, -0.1) is 5.11 Å². The zero-order chi connectivity index (χ0) is 15.6. The Morgan fingerprint density at radius 3 is 2.14 bits per heavy atom. The van der Waals surface area contributed by atoms with Gasteiger partial charge >= 0.3 is 6.18 Å². The van der Waals surface area contributed by atoms with Crippen LogP contribution in [0.25, 0.3) is 0 Å². The maximum atomic E-state index is 12.6. The number of halogens is 3. The van der Waals surface area contributed by atoms with Crippen molar-refractivity contribution in [3.8, 4) is 0 Å². The summed E-state index contributed by atoms with van der Waals surface area (Å²) >= 11 is 0. The molecule has 0 atom stereocenters. The van der Waals surface area contributed by atoms with Crippen LogP contribution >= 0.6 is 0 Å². The lowest BCUT2D eigenvalue weighted by atomic mass is 10.2. The number of anilines is 3. The highest BCUT2D eigenvalue weighted by Gasteiger charge is 2.30. The second kappa shape index (κ2) is 5.23. The van der Waals surface area contributed by atoms with Gasteiger partial charge in [-0.1, -0.05) is 6.07 Å². The van der Waals surface area contributed by atoms with Crippen molar-refractivity contribution >= 4 is 29.0 Å². The van der Waals surface area contributed by atoms with Crippen molar-refractivity contribution in [2.75, 3.05) is 17.2 Å². The third kappa shape index (κ3) is 3.35. The Bertz CT molecular complexity index is 673. The molecular formula is C11H10F3N7. The maximum absolute atomic E-state index is 12.6. The van der Waals surface area contributed by atoms with Crippen molar-refractivity contribution in [3.05, 3.63) is 29.8 Å². The minimum Gasteiger partial charge on any atom is -0.382 e. The highest BCUT2D eigenvalue weighted by atomic mass is 19.4. The molecule has 110 valence electrons. The van der Waals surface area contributed by atoms with Gasteiger partial charge in [-0.3, -0.25) is 0 Å². The molecule has 0 spiro atoms. The molecule has 7 nitrogen and oxygen atoms in total. The van der Waals surface area contributed by atoms with E-state index in [1.807, 2.05) is 0 Å². The van der Waals surface area contributed by atoms with E-state index in [9.17, 15) is 13.2 Å². The van der Waals surface area contributed by atoms with Crippen LogP contribution in [0.2, 0.25) is 0 Å². The Hall–Kier alpha value is -2.91. The zero-order valence-electron chi connectivity index (χ0n) is 10.5. The lowest BCUT2D eigenvalue weighted by molar-refractivity contribution is -0.137. The molecule has 0 fully saturated rings. The molecule has 2 rings (SSSR count). The van der Waals surface area contributed by atoms with Crippen LogP contribution in [0.15, 0.2) is 34.5 Å². The van der Waals surface area contributed by atoms with Gasteiger partial charge in [-0.05, 0) is 18.2 Å². The fourth-order valence-corrected chi connectivity index (χ4v) is 1.46. The summed E-state index contributed by atoms with van der Waals surface area (Å²) < 4.78 is 37.7. The minimum atomic E-state index is -4.46. The predicted octanol–water partition coefficient (Wildman–Crippen LogP) is 2.66. The lowest BCUT2D eigenvalue weighted by Gasteiger charge is -2.06. The minimum absolute atomic E-state index is 0.0135. The first-order valence-corrected chi connectivity index (χ1v) is 5.55. The standard InChI is InChI=1S/C11H10F3N7/c12-11(13,14)5-2-1-3-6(4-5)20-21-7-8(15)18-10(17)19-9(7)16/h1-4H,(H6,15,16,17,18,19). The van der Waals surface area contributed by atoms with Gasteiger partial charge in [-0.2, -0.15) is 28.3 Å². The monoisotopic (exact) mass is 297 g/mol. The largest absolute Gasteiger partial charge is 0.416 e. The van der Waals surface area contributed by atoms with E-state index >= 15 is 0 Å². The van der Waals surface area contributed by atoms with E-state index in [4.69, 9.17) is 17.2 Å². The quantitative estimate of drug-likeness (QED) is 0.734. The summed E-state index contributed by atoms with van der Waals surface area (Å²) in [5, 5.41) is 7.31. The van der Waals surface area contributed by atoms with E-state index in [0.29, 0.717) is 0 Å². The molecule has 0 radical (unpaired) electrons. The fourth-order valence-electron chi connectivity index (χ4n) is 1.46. The van der Waals surface area contributed by atoms with Crippen molar-refractivity contribution in [1.82, 2.24) is 9.97 Å². The Morgan fingerprint density at radius 2 is 1.57 bits per heavy atom. The summed E-state index contributed by atoms with van der Waals surface area (Å²) in [7, 11) is 0. The number of azo groups is 1. The molecule has 21 heavy (non-hydrogen) atoms. The summed E-state index contributed by atoms with van der Waals surface area (Å²) in [6, 6.07) is 4.33. The Morgan fingerprint density at radius 1 is 0.952 bits per heavy atom. The van der Waals surface area contributed by atoms with Crippen molar-refractivity contribution in [1.29, 1.82) is 0 Å². The molecule has 1 aromatic carbocycles. The topological polar surface area (TPSA) is 129 Å². The number of hydrogen-bond acceptors (Lipinski definition) is 7. The van der Waals surface area contributed by atoms with Crippen LogP contribution in [0.5, 0.6) is 0 Å². The number of benzene rings is 1. The zero-order valence-corrected chi connectivity index (χ0v) is 10.5. The van der Waals surface area contributed by atoms with Crippen LogP contribution in [0.3, 0.4) is 0 Å². The van der Waals surface area contributed by atoms with Crippen LogP contribution < -0.4 is 17.2 Å². The van der Waals surface area contributed by atoms with Crippen LogP contribution in [0.1, 0.15) is 5.56 Å². The van der Waals surface area contributed by atoms with E-state index < -0.39 is 11.7 Å². The predicted molar refractivity (Wildman–Crippen MR) is 70.9 cm³/mol. The van der Waals surface area contributed by atoms with E-state index in [1.165, 1.54) is 12.1 Å². The molecule has 0 saturated carbocycles. The number of nitrogen functional groups attached to an aromatic ring is 3. The number of nitrogens with zero attached hydrogens (tertiary/aromatic N) is 4. The first-order chi connectivity index (χ1) is 9.77. The maximum Gasteiger partial charge on any atom is 0.416 e. The normalized spacial score (nSPS) is 12.0. The summed E-state index contributed by atoms with van der Waals surface area (Å²) in [5.74, 6) is -0.366. The molecule has 0 aliphatic carbocycles. The Balaban J connectivity index is 2.35. The average molecular weight is 297 g/mol. The molecule has 10 heteroatoms. The molecule has 0 saturated heterocycles. The van der Waals surface area contributed by atoms with Crippen molar-refractivity contribution < 1.29 is 13.2 Å². The third-order valence-electron chi connectivity index (χ3n) is 2.39. The molecule has 0 aliphatic rings. The highest BCUT2D eigenvalue weighted by molar-refractivity contribution is 5.71. The molecule has 0 aliphatic heterocycles. The second-order valence-corrected chi connectivity index (χ2v) is 3.95. The molecular weight excluding hydrogens is 287 g/mol. The van der Waals surface area contributed by atoms with Gasteiger partial charge in [0.05, 0.1) is 11.3 Å². The van der Waals surface area contributed by atoms with Gasteiger partial charge in [0.2, 0.25) is 5.95 Å². The summed E-state index contributed by atoms with van der Waals surface area (Å²) in [4.78, 5) is 7.27. The molecule has 6 N–H and O–H groups in total. The highest BCUT2D eigenvalue weighted by Crippen LogP contribution is 2.33. The molecule has 1 aromatic heterocycles. The van der Waals surface area contributed by atoms with Gasteiger partial charge < -0.3 is 17.2 Å². The summed E-state index contributed by atoms with van der Waals surface area (Å²) in [5.41, 5.74) is 15.5. The number of rotatable bonds is 2. The smallest absolute Gasteiger partial charge is 0.382 e. The average Bonchev–Trinajstić information content (AvgIpc) is 2.36. The van der Waals surface area contributed by atoms with Crippen molar-refractivity contribution in [2.24, 2.45) is 10.2 Å². The molecule has 0 bridgehead atoms. The number of alkyl halides is 3. The van der Waals surface area contributed by atoms with Gasteiger partial charge in [0, 0.05) is 0 Å². The number of hydrogen-bond donors (Lipinski definition) is 3. The Kier molecular flexibility index (Phi) is 3.61. The molecule has 2 aromatic rings. The summed E-state index contributed by atoms with van der Waals surface area (Å²) in [6.07, 6.45) is -4.46. The van der Waals surface area contributed by atoms with E-state index in [2.05, 4.69) is 20.2 Å². The van der Waals surface area contributed by atoms with Gasteiger partial charge in [0.1, 0.15) is 0 Å². The second-order valence-electron chi connectivity index (χ2n) is 3.95. The fraction of sp³-hybridized carbons (Fsp3) is 0.0909. The first-order valence-electron chi connectivity index (χ1n) is 5.55. The van der Waals surface area contributed by atoms with Gasteiger partial charge in [0.25, 0.3) is 0 Å². The van der Waals surface area contributed by atoms with Crippen LogP contribution in [0.4, 0.5) is 42.1 Å². The van der Waals surface area contributed by atoms with E-state index in [0.717, 1.165) is 12.1 Å².